The Labute approximate surface area is 129 Å². The zero-order valence-corrected chi connectivity index (χ0v) is 12.3. The van der Waals surface area contributed by atoms with Crippen molar-refractivity contribution in [1.82, 2.24) is 5.32 Å². The van der Waals surface area contributed by atoms with Gasteiger partial charge in [0.2, 0.25) is 0 Å². The summed E-state index contributed by atoms with van der Waals surface area (Å²) in [5.41, 5.74) is 14.8. The van der Waals surface area contributed by atoms with Crippen LogP contribution in [0.3, 0.4) is 0 Å². The third-order valence-electron chi connectivity index (χ3n) is 3.48. The number of nitrogens with one attached hydrogen (secondary N) is 1. The van der Waals surface area contributed by atoms with E-state index in [1.165, 1.54) is 0 Å². The number of benzene rings is 2. The quantitative estimate of drug-likeness (QED) is 0.635. The summed E-state index contributed by atoms with van der Waals surface area (Å²) in [6, 6.07) is 14.8. The molecule has 0 spiro atoms. The highest BCUT2D eigenvalue weighted by Gasteiger charge is 2.11. The van der Waals surface area contributed by atoms with E-state index in [9.17, 15) is 4.79 Å². The molecule has 2 rings (SSSR count). The van der Waals surface area contributed by atoms with Crippen LogP contribution in [0.15, 0.2) is 48.5 Å². The second-order valence-electron chi connectivity index (χ2n) is 5.07. The van der Waals surface area contributed by atoms with Gasteiger partial charge < -0.3 is 21.9 Å². The highest BCUT2D eigenvalue weighted by atomic mass is 16.3. The molecule has 116 valence electrons. The van der Waals surface area contributed by atoms with Crippen LogP contribution in [0.25, 0.3) is 11.1 Å². The van der Waals surface area contributed by atoms with Crippen LogP contribution in [0.2, 0.25) is 0 Å². The molecule has 0 unspecified atom stereocenters. The van der Waals surface area contributed by atoms with Gasteiger partial charge in [-0.1, -0.05) is 30.3 Å². The van der Waals surface area contributed by atoms with Crippen molar-refractivity contribution in [2.45, 2.75) is 12.6 Å². The van der Waals surface area contributed by atoms with Gasteiger partial charge in [-0.15, -0.1) is 0 Å². The van der Waals surface area contributed by atoms with Crippen molar-refractivity contribution in [2.24, 2.45) is 11.5 Å². The summed E-state index contributed by atoms with van der Waals surface area (Å²) in [7, 11) is 0. The predicted octanol–water partition coefficient (Wildman–Crippen LogP) is 0.862. The Hall–Kier alpha value is -2.21. The number of amides is 1. The highest BCUT2D eigenvalue weighted by molar-refractivity contribution is 5.94. The van der Waals surface area contributed by atoms with E-state index >= 15 is 0 Å². The van der Waals surface area contributed by atoms with Gasteiger partial charge in [0.05, 0.1) is 12.6 Å². The van der Waals surface area contributed by atoms with Crippen LogP contribution >= 0.6 is 0 Å². The van der Waals surface area contributed by atoms with Gasteiger partial charge in [0.25, 0.3) is 5.91 Å². The average molecular weight is 299 g/mol. The van der Waals surface area contributed by atoms with Crippen molar-refractivity contribution < 1.29 is 9.90 Å². The minimum absolute atomic E-state index is 0.174. The van der Waals surface area contributed by atoms with Gasteiger partial charge in [0.15, 0.2) is 0 Å². The van der Waals surface area contributed by atoms with E-state index in [0.29, 0.717) is 12.1 Å². The third kappa shape index (κ3) is 3.92. The molecule has 0 saturated heterocycles. The van der Waals surface area contributed by atoms with Crippen molar-refractivity contribution in [3.8, 4) is 11.1 Å². The van der Waals surface area contributed by atoms with E-state index in [0.717, 1.165) is 16.7 Å². The first kappa shape index (κ1) is 16.2. The Morgan fingerprint density at radius 2 is 1.82 bits per heavy atom. The maximum Gasteiger partial charge on any atom is 0.251 e. The highest BCUT2D eigenvalue weighted by Crippen LogP contribution is 2.21. The molecule has 5 nitrogen and oxygen atoms in total. The number of hydrogen-bond donors (Lipinski definition) is 4. The number of aliphatic hydroxyl groups excluding tert-OH is 1. The molecule has 1 atom stereocenters. The zero-order chi connectivity index (χ0) is 15.9. The Kier molecular flexibility index (Phi) is 5.66. The summed E-state index contributed by atoms with van der Waals surface area (Å²) in [6.07, 6.45) is 0. The van der Waals surface area contributed by atoms with Gasteiger partial charge in [-0.3, -0.25) is 4.79 Å². The maximum absolute atomic E-state index is 12.0. The number of nitrogens with two attached hydrogens (primary N) is 2. The molecule has 0 heterocycles. The molecule has 1 amide bonds. The fourth-order valence-corrected chi connectivity index (χ4v) is 2.14. The summed E-state index contributed by atoms with van der Waals surface area (Å²) in [4.78, 5) is 12.0. The number of hydrogen-bond acceptors (Lipinski definition) is 4. The van der Waals surface area contributed by atoms with Crippen LogP contribution in [-0.2, 0) is 6.54 Å². The van der Waals surface area contributed by atoms with Crippen molar-refractivity contribution >= 4 is 5.91 Å². The minimum Gasteiger partial charge on any atom is -0.394 e. The number of rotatable bonds is 6. The second-order valence-corrected chi connectivity index (χ2v) is 5.07. The summed E-state index contributed by atoms with van der Waals surface area (Å²) in [6.45, 7) is 0.522. The Morgan fingerprint density at radius 3 is 2.41 bits per heavy atom. The standard InChI is InChI=1S/C17H21N3O2/c18-9-12-2-1-3-15(8-12)13-4-6-14(7-5-13)17(22)20-16(10-19)11-21/h1-8,16,21H,9-11,18-19H2,(H,20,22)/t16-/m0/s1. The van der Waals surface area contributed by atoms with Crippen LogP contribution in [0.5, 0.6) is 0 Å². The first-order valence-electron chi connectivity index (χ1n) is 7.19. The lowest BCUT2D eigenvalue weighted by Gasteiger charge is -2.14. The van der Waals surface area contributed by atoms with Crippen LogP contribution < -0.4 is 16.8 Å². The van der Waals surface area contributed by atoms with Crippen molar-refractivity contribution in [1.29, 1.82) is 0 Å². The lowest BCUT2D eigenvalue weighted by molar-refractivity contribution is 0.0919. The molecular formula is C17H21N3O2. The van der Waals surface area contributed by atoms with E-state index in [1.54, 1.807) is 12.1 Å². The number of carbonyl (C=O) groups excluding carboxylic acids is 1. The molecule has 2 aromatic rings. The Morgan fingerprint density at radius 1 is 1.09 bits per heavy atom. The van der Waals surface area contributed by atoms with Gasteiger partial charge in [-0.25, -0.2) is 0 Å². The summed E-state index contributed by atoms with van der Waals surface area (Å²) >= 11 is 0. The van der Waals surface area contributed by atoms with Gasteiger partial charge in [-0.2, -0.15) is 0 Å². The zero-order valence-electron chi connectivity index (χ0n) is 12.3. The summed E-state index contributed by atoms with van der Waals surface area (Å²) in [5.74, 6) is -0.244. The molecule has 22 heavy (non-hydrogen) atoms. The largest absolute Gasteiger partial charge is 0.394 e. The maximum atomic E-state index is 12.0. The second kappa shape index (κ2) is 7.70. The molecule has 0 aromatic heterocycles. The van der Waals surface area contributed by atoms with Gasteiger partial charge in [0.1, 0.15) is 0 Å². The predicted molar refractivity (Wildman–Crippen MR) is 87.2 cm³/mol. The molecule has 0 radical (unpaired) electrons. The third-order valence-corrected chi connectivity index (χ3v) is 3.48. The number of aliphatic hydroxyl groups is 1. The normalized spacial score (nSPS) is 12.0. The lowest BCUT2D eigenvalue weighted by atomic mass is 10.0. The lowest BCUT2D eigenvalue weighted by Crippen LogP contribution is -2.42. The molecule has 0 saturated carbocycles. The molecule has 0 aliphatic rings. The fraction of sp³-hybridized carbons (Fsp3) is 0.235. The minimum atomic E-state index is -0.423. The average Bonchev–Trinajstić information content (AvgIpc) is 2.59. The van der Waals surface area contributed by atoms with Crippen LogP contribution in [-0.4, -0.2) is 30.2 Å². The van der Waals surface area contributed by atoms with E-state index in [1.807, 2.05) is 36.4 Å². The smallest absolute Gasteiger partial charge is 0.251 e. The molecular weight excluding hydrogens is 278 g/mol. The van der Waals surface area contributed by atoms with Gasteiger partial charge in [0, 0.05) is 18.7 Å². The first-order valence-corrected chi connectivity index (χ1v) is 7.19. The summed E-state index contributed by atoms with van der Waals surface area (Å²) < 4.78 is 0. The molecule has 0 bridgehead atoms. The Bertz CT molecular complexity index is 622. The molecule has 0 fully saturated rings. The van der Waals surface area contributed by atoms with E-state index in [2.05, 4.69) is 5.32 Å². The molecule has 0 aliphatic heterocycles. The van der Waals surface area contributed by atoms with E-state index in [-0.39, 0.29) is 19.1 Å². The molecule has 2 aromatic carbocycles. The topological polar surface area (TPSA) is 101 Å². The number of carbonyl (C=O) groups is 1. The Balaban J connectivity index is 2.14. The van der Waals surface area contributed by atoms with Crippen LogP contribution in [0, 0.1) is 0 Å². The monoisotopic (exact) mass is 299 g/mol. The van der Waals surface area contributed by atoms with Crippen molar-refractivity contribution in [3.05, 3.63) is 59.7 Å². The van der Waals surface area contributed by atoms with Gasteiger partial charge >= 0.3 is 0 Å². The van der Waals surface area contributed by atoms with Crippen LogP contribution in [0.1, 0.15) is 15.9 Å². The van der Waals surface area contributed by atoms with E-state index in [4.69, 9.17) is 16.6 Å². The molecule has 6 N–H and O–H groups in total. The van der Waals surface area contributed by atoms with Gasteiger partial charge in [-0.05, 0) is 34.9 Å². The fourth-order valence-electron chi connectivity index (χ4n) is 2.14. The van der Waals surface area contributed by atoms with Crippen molar-refractivity contribution in [3.63, 3.8) is 0 Å². The van der Waals surface area contributed by atoms with Crippen molar-refractivity contribution in [2.75, 3.05) is 13.2 Å². The summed E-state index contributed by atoms with van der Waals surface area (Å²) in [5, 5.41) is 11.7. The molecule has 5 heteroatoms. The van der Waals surface area contributed by atoms with Crippen LogP contribution in [0.4, 0.5) is 0 Å². The molecule has 0 aliphatic carbocycles. The van der Waals surface area contributed by atoms with E-state index < -0.39 is 6.04 Å². The SMILES string of the molecule is NCc1cccc(-c2ccc(C(=O)N[C@@H](CN)CO)cc2)c1. The first-order chi connectivity index (χ1) is 10.7.